The minimum atomic E-state index is -0.926. The van der Waals surface area contributed by atoms with E-state index in [9.17, 15) is 8.78 Å². The van der Waals surface area contributed by atoms with Gasteiger partial charge in [0.05, 0.1) is 5.69 Å². The monoisotopic (exact) mass is 290 g/mol. The third-order valence-electron chi connectivity index (χ3n) is 2.88. The molecule has 0 bridgehead atoms. The molecule has 3 rings (SSSR count). The molecule has 0 amide bonds. The Kier molecular flexibility index (Phi) is 2.95. The zero-order chi connectivity index (χ0) is 14.3. The molecule has 0 radical (unpaired) electrons. The molecule has 0 spiro atoms. The van der Waals surface area contributed by atoms with E-state index in [-0.39, 0.29) is 0 Å². The fourth-order valence-corrected chi connectivity index (χ4v) is 2.81. The Hall–Kier alpha value is -2.33. The van der Waals surface area contributed by atoms with Gasteiger partial charge in [-0.2, -0.15) is 14.9 Å². The summed E-state index contributed by atoms with van der Waals surface area (Å²) in [6.07, 6.45) is 0.638. The number of nitrogens with zero attached hydrogens (tertiary/aromatic N) is 4. The van der Waals surface area contributed by atoms with Gasteiger partial charge in [0, 0.05) is 5.56 Å². The molecule has 0 N–H and O–H groups in total. The van der Waals surface area contributed by atoms with E-state index in [0.717, 1.165) is 12.1 Å². The lowest BCUT2D eigenvalue weighted by Gasteiger charge is -1.96. The fraction of sp³-hybridized carbons (Fsp3) is 0.154. The standard InChI is InChI=1S/C13H8F2N4S/c1-2-10-11(6-16)19-13(17-10)20-12(18-19)7-3-4-8(14)9(15)5-7/h3-5H,2H2,1H3. The molecule has 3 aromatic rings. The molecular formula is C13H8F2N4S. The molecule has 20 heavy (non-hydrogen) atoms. The van der Waals surface area contributed by atoms with Gasteiger partial charge in [0.2, 0.25) is 4.96 Å². The van der Waals surface area contributed by atoms with Crippen LogP contribution in [0.15, 0.2) is 18.2 Å². The van der Waals surface area contributed by atoms with Gasteiger partial charge >= 0.3 is 0 Å². The second-order valence-electron chi connectivity index (χ2n) is 4.10. The van der Waals surface area contributed by atoms with E-state index in [1.165, 1.54) is 21.9 Å². The van der Waals surface area contributed by atoms with Crippen molar-refractivity contribution in [2.45, 2.75) is 13.3 Å². The first-order valence-corrected chi connectivity index (χ1v) is 6.69. The molecular weight excluding hydrogens is 282 g/mol. The Morgan fingerprint density at radius 1 is 1.35 bits per heavy atom. The summed E-state index contributed by atoms with van der Waals surface area (Å²) < 4.78 is 27.6. The Balaban J connectivity index is 2.16. The second kappa shape index (κ2) is 4.65. The molecule has 1 aromatic carbocycles. The van der Waals surface area contributed by atoms with Crippen molar-refractivity contribution in [2.75, 3.05) is 0 Å². The predicted molar refractivity (Wildman–Crippen MR) is 70.3 cm³/mol. The average Bonchev–Trinajstić information content (AvgIpc) is 2.98. The molecule has 7 heteroatoms. The lowest BCUT2D eigenvalue weighted by Crippen LogP contribution is -1.93. The van der Waals surface area contributed by atoms with Gasteiger partial charge in [-0.05, 0) is 24.6 Å². The van der Waals surface area contributed by atoms with Gasteiger partial charge in [0.1, 0.15) is 11.1 Å². The normalized spacial score (nSPS) is 10.9. The maximum Gasteiger partial charge on any atom is 0.213 e. The highest BCUT2D eigenvalue weighted by Crippen LogP contribution is 2.28. The minimum absolute atomic E-state index is 0.382. The first-order valence-electron chi connectivity index (χ1n) is 5.88. The van der Waals surface area contributed by atoms with Crippen molar-refractivity contribution in [1.82, 2.24) is 14.6 Å². The molecule has 0 unspecified atom stereocenters. The third kappa shape index (κ3) is 1.85. The number of hydrogen-bond donors (Lipinski definition) is 0. The average molecular weight is 290 g/mol. The smallest absolute Gasteiger partial charge is 0.213 e. The molecule has 4 nitrogen and oxygen atoms in total. The van der Waals surface area contributed by atoms with Crippen molar-refractivity contribution in [3.05, 3.63) is 41.2 Å². The lowest BCUT2D eigenvalue weighted by atomic mass is 10.2. The summed E-state index contributed by atoms with van der Waals surface area (Å²) in [7, 11) is 0. The number of aryl methyl sites for hydroxylation is 1. The fourth-order valence-electron chi connectivity index (χ4n) is 1.89. The van der Waals surface area contributed by atoms with Crippen LogP contribution in [-0.4, -0.2) is 14.6 Å². The van der Waals surface area contributed by atoms with E-state index in [0.29, 0.717) is 33.3 Å². The van der Waals surface area contributed by atoms with Crippen LogP contribution >= 0.6 is 11.3 Å². The topological polar surface area (TPSA) is 54.0 Å². The van der Waals surface area contributed by atoms with Crippen molar-refractivity contribution in [3.63, 3.8) is 0 Å². The molecule has 2 aromatic heterocycles. The van der Waals surface area contributed by atoms with Crippen LogP contribution in [0.3, 0.4) is 0 Å². The van der Waals surface area contributed by atoms with Crippen molar-refractivity contribution in [3.8, 4) is 16.6 Å². The number of nitriles is 1. The molecule has 0 aliphatic carbocycles. The van der Waals surface area contributed by atoms with Crippen LogP contribution in [0.5, 0.6) is 0 Å². The Labute approximate surface area is 116 Å². The van der Waals surface area contributed by atoms with Gasteiger partial charge in [-0.3, -0.25) is 0 Å². The Morgan fingerprint density at radius 3 is 2.80 bits per heavy atom. The molecule has 100 valence electrons. The quantitative estimate of drug-likeness (QED) is 0.728. The summed E-state index contributed by atoms with van der Waals surface area (Å²) in [5, 5.41) is 13.9. The molecule has 0 fully saturated rings. The predicted octanol–water partition coefficient (Wildman–Crippen LogP) is 3.17. The van der Waals surface area contributed by atoms with Gasteiger partial charge in [0.25, 0.3) is 0 Å². The van der Waals surface area contributed by atoms with Crippen LogP contribution in [0.1, 0.15) is 18.3 Å². The molecule has 0 saturated heterocycles. The Morgan fingerprint density at radius 2 is 2.15 bits per heavy atom. The van der Waals surface area contributed by atoms with Crippen LogP contribution in [0.25, 0.3) is 15.5 Å². The summed E-state index contributed by atoms with van der Waals surface area (Å²) in [6.45, 7) is 1.91. The number of aromatic nitrogens is 3. The zero-order valence-electron chi connectivity index (χ0n) is 10.4. The van der Waals surface area contributed by atoms with E-state index in [2.05, 4.69) is 16.2 Å². The number of imidazole rings is 1. The molecule has 0 atom stereocenters. The number of rotatable bonds is 2. The summed E-state index contributed by atoms with van der Waals surface area (Å²) in [6, 6.07) is 5.65. The van der Waals surface area contributed by atoms with E-state index in [1.807, 2.05) is 6.92 Å². The van der Waals surface area contributed by atoms with E-state index in [1.54, 1.807) is 0 Å². The van der Waals surface area contributed by atoms with Crippen LogP contribution in [-0.2, 0) is 6.42 Å². The van der Waals surface area contributed by atoms with Crippen molar-refractivity contribution < 1.29 is 8.78 Å². The SMILES string of the molecule is CCc1nc2sc(-c3ccc(F)c(F)c3)nn2c1C#N. The van der Waals surface area contributed by atoms with E-state index in [4.69, 9.17) is 5.26 Å². The van der Waals surface area contributed by atoms with Gasteiger partial charge < -0.3 is 0 Å². The van der Waals surface area contributed by atoms with Crippen LogP contribution < -0.4 is 0 Å². The van der Waals surface area contributed by atoms with Crippen LogP contribution in [0.4, 0.5) is 8.78 Å². The first-order chi connectivity index (χ1) is 9.63. The van der Waals surface area contributed by atoms with E-state index >= 15 is 0 Å². The van der Waals surface area contributed by atoms with Gasteiger partial charge in [-0.25, -0.2) is 13.8 Å². The number of halogens is 2. The summed E-state index contributed by atoms with van der Waals surface area (Å²) in [4.78, 5) is 4.88. The second-order valence-corrected chi connectivity index (χ2v) is 5.06. The maximum absolute atomic E-state index is 13.2. The highest BCUT2D eigenvalue weighted by atomic mass is 32.1. The lowest BCUT2D eigenvalue weighted by molar-refractivity contribution is 0.509. The summed E-state index contributed by atoms with van der Waals surface area (Å²) in [5.74, 6) is -1.83. The zero-order valence-corrected chi connectivity index (χ0v) is 11.2. The highest BCUT2D eigenvalue weighted by molar-refractivity contribution is 7.19. The summed E-state index contributed by atoms with van der Waals surface area (Å²) in [5.41, 5.74) is 1.53. The van der Waals surface area contributed by atoms with Crippen molar-refractivity contribution in [1.29, 1.82) is 5.26 Å². The molecule has 2 heterocycles. The molecule has 0 aliphatic rings. The van der Waals surface area contributed by atoms with Gasteiger partial charge in [0.15, 0.2) is 17.3 Å². The Bertz CT molecular complexity index is 844. The largest absolute Gasteiger partial charge is 0.221 e. The maximum atomic E-state index is 13.2. The number of fused-ring (bicyclic) bond motifs is 1. The first kappa shape index (κ1) is 12.7. The van der Waals surface area contributed by atoms with Crippen molar-refractivity contribution in [2.24, 2.45) is 0 Å². The molecule has 0 aliphatic heterocycles. The summed E-state index contributed by atoms with van der Waals surface area (Å²) >= 11 is 1.23. The van der Waals surface area contributed by atoms with Crippen molar-refractivity contribution >= 4 is 16.3 Å². The molecule has 0 saturated carbocycles. The third-order valence-corrected chi connectivity index (χ3v) is 3.84. The van der Waals surface area contributed by atoms with Gasteiger partial charge in [-0.15, -0.1) is 0 Å². The van der Waals surface area contributed by atoms with Crippen LogP contribution in [0, 0.1) is 23.0 Å². The van der Waals surface area contributed by atoms with E-state index < -0.39 is 11.6 Å². The number of hydrogen-bond acceptors (Lipinski definition) is 4. The van der Waals surface area contributed by atoms with Crippen LogP contribution in [0.2, 0.25) is 0 Å². The minimum Gasteiger partial charge on any atom is -0.221 e. The number of benzene rings is 1. The highest BCUT2D eigenvalue weighted by Gasteiger charge is 2.16. The van der Waals surface area contributed by atoms with Gasteiger partial charge in [-0.1, -0.05) is 18.3 Å².